The van der Waals surface area contributed by atoms with Crippen LogP contribution in [0.15, 0.2) is 30.3 Å². The minimum absolute atomic E-state index is 0. The molecule has 2 atom stereocenters. The number of ether oxygens (including phenoxy) is 1. The summed E-state index contributed by atoms with van der Waals surface area (Å²) in [6, 6.07) is 8.74. The lowest BCUT2D eigenvalue weighted by Gasteiger charge is -2.27. The van der Waals surface area contributed by atoms with E-state index in [2.05, 4.69) is 5.32 Å². The van der Waals surface area contributed by atoms with Crippen molar-refractivity contribution in [3.05, 3.63) is 35.9 Å². The number of carbonyl (C=O) groups is 1. The first-order chi connectivity index (χ1) is 8.85. The molecular weight excluding hydrogens is 276 g/mol. The molecule has 4 nitrogen and oxygen atoms in total. The third-order valence-corrected chi connectivity index (χ3v) is 3.18. The molecule has 3 N–H and O–H groups in total. The van der Waals surface area contributed by atoms with E-state index in [0.29, 0.717) is 0 Å². The fourth-order valence-electron chi connectivity index (χ4n) is 2.02. The highest BCUT2D eigenvalue weighted by molar-refractivity contribution is 5.85. The maximum Gasteiger partial charge on any atom is 0.241 e. The predicted octanol–water partition coefficient (Wildman–Crippen LogP) is 2.43. The van der Waals surface area contributed by atoms with Crippen molar-refractivity contribution in [1.29, 1.82) is 0 Å². The summed E-state index contributed by atoms with van der Waals surface area (Å²) in [5, 5.41) is 2.92. The number of nitrogens with two attached hydrogens (primary N) is 1. The van der Waals surface area contributed by atoms with Gasteiger partial charge in [0, 0.05) is 13.2 Å². The number of hydrogen-bond donors (Lipinski definition) is 2. The zero-order valence-electron chi connectivity index (χ0n) is 12.6. The largest absolute Gasteiger partial charge is 0.379 e. The molecule has 0 aliphatic carbocycles. The molecule has 0 aliphatic rings. The average molecular weight is 301 g/mol. The quantitative estimate of drug-likeness (QED) is 0.848. The summed E-state index contributed by atoms with van der Waals surface area (Å²) < 4.78 is 5.35. The zero-order chi connectivity index (χ0) is 14.5. The maximum absolute atomic E-state index is 12.1. The van der Waals surface area contributed by atoms with E-state index in [4.69, 9.17) is 10.5 Å². The Bertz CT molecular complexity index is 410. The van der Waals surface area contributed by atoms with Crippen LogP contribution in [0.25, 0.3) is 0 Å². The van der Waals surface area contributed by atoms with Gasteiger partial charge in [-0.3, -0.25) is 4.79 Å². The first kappa shape index (κ1) is 18.9. The highest BCUT2D eigenvalue weighted by atomic mass is 35.5. The molecule has 0 heterocycles. The fourth-order valence-corrected chi connectivity index (χ4v) is 2.02. The molecule has 1 aromatic rings. The molecular formula is C15H25ClN2O2. The van der Waals surface area contributed by atoms with Crippen molar-refractivity contribution >= 4 is 18.3 Å². The summed E-state index contributed by atoms with van der Waals surface area (Å²) in [7, 11) is 1.67. The number of hydrogen-bond acceptors (Lipinski definition) is 3. The first-order valence-electron chi connectivity index (χ1n) is 6.52. The molecule has 20 heavy (non-hydrogen) atoms. The van der Waals surface area contributed by atoms with Gasteiger partial charge in [-0.1, -0.05) is 30.3 Å². The molecule has 5 heteroatoms. The van der Waals surface area contributed by atoms with Gasteiger partial charge >= 0.3 is 0 Å². The van der Waals surface area contributed by atoms with Crippen LogP contribution in [0.1, 0.15) is 38.8 Å². The van der Waals surface area contributed by atoms with Crippen LogP contribution >= 0.6 is 12.4 Å². The van der Waals surface area contributed by atoms with Gasteiger partial charge in [-0.15, -0.1) is 12.4 Å². The Balaban J connectivity index is 0.00000361. The minimum atomic E-state index is -0.630. The van der Waals surface area contributed by atoms with Gasteiger partial charge < -0.3 is 15.8 Å². The molecule has 0 aromatic heterocycles. The lowest BCUT2D eigenvalue weighted by molar-refractivity contribution is -0.123. The van der Waals surface area contributed by atoms with E-state index in [1.807, 2.05) is 51.1 Å². The third-order valence-electron chi connectivity index (χ3n) is 3.18. The summed E-state index contributed by atoms with van der Waals surface area (Å²) in [6.45, 7) is 5.94. The van der Waals surface area contributed by atoms with Gasteiger partial charge in [0.05, 0.1) is 5.60 Å². The molecule has 0 spiro atoms. The summed E-state index contributed by atoms with van der Waals surface area (Å²) in [6.07, 6.45) is 0.733. The average Bonchev–Trinajstić information content (AvgIpc) is 2.38. The van der Waals surface area contributed by atoms with Crippen molar-refractivity contribution in [1.82, 2.24) is 5.32 Å². The van der Waals surface area contributed by atoms with Gasteiger partial charge in [0.2, 0.25) is 5.91 Å². The molecule has 0 radical (unpaired) electrons. The lowest BCUT2D eigenvalue weighted by Crippen LogP contribution is -2.42. The van der Waals surface area contributed by atoms with E-state index in [0.717, 1.165) is 12.0 Å². The van der Waals surface area contributed by atoms with Crippen molar-refractivity contribution in [3.63, 3.8) is 0 Å². The van der Waals surface area contributed by atoms with Gasteiger partial charge in [-0.25, -0.2) is 0 Å². The number of methoxy groups -OCH3 is 1. The highest BCUT2D eigenvalue weighted by Gasteiger charge is 2.23. The second-order valence-electron chi connectivity index (χ2n) is 5.47. The molecule has 1 aromatic carbocycles. The van der Waals surface area contributed by atoms with Crippen LogP contribution in [0, 0.1) is 0 Å². The van der Waals surface area contributed by atoms with Gasteiger partial charge in [-0.05, 0) is 32.8 Å². The smallest absolute Gasteiger partial charge is 0.241 e. The summed E-state index contributed by atoms with van der Waals surface area (Å²) >= 11 is 0. The van der Waals surface area contributed by atoms with Crippen LogP contribution in [0.3, 0.4) is 0 Å². The minimum Gasteiger partial charge on any atom is -0.379 e. The summed E-state index contributed by atoms with van der Waals surface area (Å²) in [5.74, 6) is -0.161. The number of benzene rings is 1. The van der Waals surface area contributed by atoms with Crippen molar-refractivity contribution in [2.45, 2.75) is 44.9 Å². The number of nitrogens with one attached hydrogen (secondary N) is 1. The van der Waals surface area contributed by atoms with E-state index in [1.54, 1.807) is 7.11 Å². The van der Waals surface area contributed by atoms with E-state index in [1.165, 1.54) is 0 Å². The van der Waals surface area contributed by atoms with E-state index >= 15 is 0 Å². The molecule has 0 aliphatic heterocycles. The summed E-state index contributed by atoms with van der Waals surface area (Å²) in [4.78, 5) is 12.1. The van der Waals surface area contributed by atoms with E-state index < -0.39 is 6.04 Å². The molecule has 0 bridgehead atoms. The molecule has 0 saturated heterocycles. The Morgan fingerprint density at radius 3 is 2.40 bits per heavy atom. The maximum atomic E-state index is 12.1. The van der Waals surface area contributed by atoms with Gasteiger partial charge in [0.1, 0.15) is 6.04 Å². The number of rotatable bonds is 6. The Hall–Kier alpha value is -1.10. The van der Waals surface area contributed by atoms with Crippen molar-refractivity contribution in [3.8, 4) is 0 Å². The Kier molecular flexibility index (Phi) is 7.79. The second kappa shape index (κ2) is 8.25. The Labute approximate surface area is 127 Å². The topological polar surface area (TPSA) is 64.3 Å². The molecule has 114 valence electrons. The van der Waals surface area contributed by atoms with Crippen LogP contribution < -0.4 is 11.1 Å². The fraction of sp³-hybridized carbons (Fsp3) is 0.533. The molecule has 0 fully saturated rings. The molecule has 1 amide bonds. The standard InChI is InChI=1S/C15H24N2O2.ClH/c1-11(10-15(2,3)19-4)17-14(18)13(16)12-8-6-5-7-9-12;/h5-9,11,13H,10,16H2,1-4H3,(H,17,18);1H. The Morgan fingerprint density at radius 1 is 1.35 bits per heavy atom. The van der Waals surface area contributed by atoms with Crippen LogP contribution in [-0.4, -0.2) is 24.7 Å². The van der Waals surface area contributed by atoms with Crippen molar-refractivity contribution < 1.29 is 9.53 Å². The summed E-state index contributed by atoms with van der Waals surface area (Å²) in [5.41, 5.74) is 6.50. The van der Waals surface area contributed by atoms with Crippen LogP contribution in [0.4, 0.5) is 0 Å². The number of carbonyl (C=O) groups excluding carboxylic acids is 1. The van der Waals surface area contributed by atoms with Gasteiger partial charge in [0.15, 0.2) is 0 Å². The number of halogens is 1. The van der Waals surface area contributed by atoms with Crippen molar-refractivity contribution in [2.24, 2.45) is 5.73 Å². The Morgan fingerprint density at radius 2 is 1.90 bits per heavy atom. The van der Waals surface area contributed by atoms with Crippen LogP contribution in [0.5, 0.6) is 0 Å². The van der Waals surface area contributed by atoms with Crippen LogP contribution in [-0.2, 0) is 9.53 Å². The normalized spacial score (nSPS) is 14.1. The van der Waals surface area contributed by atoms with Gasteiger partial charge in [-0.2, -0.15) is 0 Å². The molecule has 1 rings (SSSR count). The van der Waals surface area contributed by atoms with Crippen molar-refractivity contribution in [2.75, 3.05) is 7.11 Å². The van der Waals surface area contributed by atoms with E-state index in [-0.39, 0.29) is 30.0 Å². The predicted molar refractivity (Wildman–Crippen MR) is 83.9 cm³/mol. The molecule has 0 saturated carbocycles. The molecule has 2 unspecified atom stereocenters. The zero-order valence-corrected chi connectivity index (χ0v) is 13.4. The highest BCUT2D eigenvalue weighted by Crippen LogP contribution is 2.16. The SMILES string of the molecule is COC(C)(C)CC(C)NC(=O)C(N)c1ccccc1.Cl. The van der Waals surface area contributed by atoms with E-state index in [9.17, 15) is 4.79 Å². The monoisotopic (exact) mass is 300 g/mol. The van der Waals surface area contributed by atoms with Gasteiger partial charge in [0.25, 0.3) is 0 Å². The third kappa shape index (κ3) is 5.90. The first-order valence-corrected chi connectivity index (χ1v) is 6.52. The number of amides is 1. The second-order valence-corrected chi connectivity index (χ2v) is 5.47. The van der Waals surface area contributed by atoms with Crippen LogP contribution in [0.2, 0.25) is 0 Å². The lowest BCUT2D eigenvalue weighted by atomic mass is 9.99.